The molecule has 0 aliphatic heterocycles. The van der Waals surface area contributed by atoms with E-state index in [0.29, 0.717) is 17.3 Å². The van der Waals surface area contributed by atoms with Crippen LogP contribution in [0.3, 0.4) is 0 Å². The van der Waals surface area contributed by atoms with Crippen LogP contribution >= 0.6 is 11.6 Å². The first-order valence-corrected chi connectivity index (χ1v) is 6.39. The van der Waals surface area contributed by atoms with Crippen LogP contribution in [0.4, 0.5) is 10.1 Å². The van der Waals surface area contributed by atoms with Gasteiger partial charge in [0.25, 0.3) is 0 Å². The molecule has 0 spiro atoms. The third-order valence-corrected chi connectivity index (χ3v) is 2.61. The second-order valence-corrected chi connectivity index (χ2v) is 4.80. The van der Waals surface area contributed by atoms with E-state index in [0.717, 1.165) is 0 Å². The van der Waals surface area contributed by atoms with E-state index in [-0.39, 0.29) is 17.0 Å². The van der Waals surface area contributed by atoms with Gasteiger partial charge in [-0.15, -0.1) is 0 Å². The number of aromatic nitrogens is 1. The van der Waals surface area contributed by atoms with Crippen molar-refractivity contribution in [2.24, 2.45) is 0 Å². The lowest BCUT2D eigenvalue weighted by molar-refractivity contribution is 0.232. The second kappa shape index (κ2) is 5.96. The van der Waals surface area contributed by atoms with Crippen molar-refractivity contribution in [1.82, 2.24) is 4.98 Å². The van der Waals surface area contributed by atoms with Crippen LogP contribution in [0, 0.1) is 5.82 Å². The van der Waals surface area contributed by atoms with Gasteiger partial charge in [-0.1, -0.05) is 11.6 Å². The standard InChI is InChI=1S/C14H14ClFN2O2/c1-8(2)19-14-12(17)5-6-13(18-14)20-9-3-4-11(16)10(15)7-9/h3-8H,17H2,1-2H3. The normalized spacial score (nSPS) is 10.7. The third kappa shape index (κ3) is 3.51. The lowest BCUT2D eigenvalue weighted by Gasteiger charge is -2.12. The minimum Gasteiger partial charge on any atom is -0.473 e. The third-order valence-electron chi connectivity index (χ3n) is 2.32. The van der Waals surface area contributed by atoms with E-state index in [1.165, 1.54) is 18.2 Å². The van der Waals surface area contributed by atoms with Gasteiger partial charge in [0.2, 0.25) is 11.8 Å². The maximum atomic E-state index is 13.1. The zero-order valence-corrected chi connectivity index (χ0v) is 11.8. The van der Waals surface area contributed by atoms with Gasteiger partial charge in [-0.3, -0.25) is 0 Å². The fraction of sp³-hybridized carbons (Fsp3) is 0.214. The number of hydrogen-bond donors (Lipinski definition) is 1. The van der Waals surface area contributed by atoms with Crippen molar-refractivity contribution in [3.8, 4) is 17.5 Å². The Morgan fingerprint density at radius 1 is 1.25 bits per heavy atom. The Kier molecular flexibility index (Phi) is 4.29. The van der Waals surface area contributed by atoms with Gasteiger partial charge in [0, 0.05) is 12.1 Å². The minimum atomic E-state index is -0.506. The number of nitrogen functional groups attached to an aromatic ring is 1. The van der Waals surface area contributed by atoms with E-state index in [1.54, 1.807) is 12.1 Å². The molecule has 2 N–H and O–H groups in total. The van der Waals surface area contributed by atoms with Crippen molar-refractivity contribution in [1.29, 1.82) is 0 Å². The summed E-state index contributed by atoms with van der Waals surface area (Å²) in [5, 5.41) is -0.0170. The van der Waals surface area contributed by atoms with Crippen molar-refractivity contribution < 1.29 is 13.9 Å². The molecule has 0 radical (unpaired) electrons. The molecular weight excluding hydrogens is 283 g/mol. The zero-order valence-electron chi connectivity index (χ0n) is 11.1. The summed E-state index contributed by atoms with van der Waals surface area (Å²) < 4.78 is 24.0. The van der Waals surface area contributed by atoms with Crippen LogP contribution in [0.15, 0.2) is 30.3 Å². The van der Waals surface area contributed by atoms with E-state index in [2.05, 4.69) is 4.98 Å². The first kappa shape index (κ1) is 14.4. The fourth-order valence-electron chi connectivity index (χ4n) is 1.47. The molecule has 106 valence electrons. The van der Waals surface area contributed by atoms with Crippen LogP contribution < -0.4 is 15.2 Å². The molecule has 1 aromatic heterocycles. The molecule has 0 unspecified atom stereocenters. The lowest BCUT2D eigenvalue weighted by atomic mass is 10.3. The first-order chi connectivity index (χ1) is 9.45. The van der Waals surface area contributed by atoms with Crippen LogP contribution in [-0.4, -0.2) is 11.1 Å². The van der Waals surface area contributed by atoms with Gasteiger partial charge in [-0.2, -0.15) is 4.98 Å². The predicted octanol–water partition coefficient (Wildman–Crippen LogP) is 4.04. The summed E-state index contributed by atoms with van der Waals surface area (Å²) in [6.07, 6.45) is -0.0553. The van der Waals surface area contributed by atoms with Crippen LogP contribution in [0.2, 0.25) is 5.02 Å². The van der Waals surface area contributed by atoms with E-state index in [1.807, 2.05) is 13.8 Å². The highest BCUT2D eigenvalue weighted by Crippen LogP contribution is 2.28. The lowest BCUT2D eigenvalue weighted by Crippen LogP contribution is -2.09. The quantitative estimate of drug-likeness (QED) is 0.925. The number of rotatable bonds is 4. The molecular formula is C14H14ClFN2O2. The average molecular weight is 297 g/mol. The maximum Gasteiger partial charge on any atom is 0.240 e. The summed E-state index contributed by atoms with van der Waals surface area (Å²) in [4.78, 5) is 4.15. The molecule has 0 fully saturated rings. The smallest absolute Gasteiger partial charge is 0.240 e. The van der Waals surface area contributed by atoms with Crippen LogP contribution in [0.25, 0.3) is 0 Å². The van der Waals surface area contributed by atoms with E-state index in [4.69, 9.17) is 26.8 Å². The molecule has 0 aliphatic rings. The molecule has 6 heteroatoms. The average Bonchev–Trinajstić information content (AvgIpc) is 2.37. The summed E-state index contributed by atoms with van der Waals surface area (Å²) in [5.41, 5.74) is 6.18. The summed E-state index contributed by atoms with van der Waals surface area (Å²) in [6, 6.07) is 7.28. The molecule has 0 saturated heterocycles. The van der Waals surface area contributed by atoms with Crippen molar-refractivity contribution in [3.05, 3.63) is 41.2 Å². The number of anilines is 1. The summed E-state index contributed by atoms with van der Waals surface area (Å²) >= 11 is 5.69. The molecule has 0 amide bonds. The Balaban J connectivity index is 2.22. The molecule has 0 atom stereocenters. The van der Waals surface area contributed by atoms with Gasteiger partial charge in [-0.25, -0.2) is 4.39 Å². The van der Waals surface area contributed by atoms with Gasteiger partial charge < -0.3 is 15.2 Å². The molecule has 0 saturated carbocycles. The van der Waals surface area contributed by atoms with Crippen molar-refractivity contribution >= 4 is 17.3 Å². The monoisotopic (exact) mass is 296 g/mol. The zero-order chi connectivity index (χ0) is 14.7. The van der Waals surface area contributed by atoms with Crippen LogP contribution in [0.5, 0.6) is 17.5 Å². The molecule has 2 aromatic rings. The molecule has 1 aromatic carbocycles. The number of hydrogen-bond acceptors (Lipinski definition) is 4. The van der Waals surface area contributed by atoms with Crippen LogP contribution in [0.1, 0.15) is 13.8 Å². The van der Waals surface area contributed by atoms with E-state index in [9.17, 15) is 4.39 Å². The van der Waals surface area contributed by atoms with Crippen molar-refractivity contribution in [2.45, 2.75) is 20.0 Å². The summed E-state index contributed by atoms with van der Waals surface area (Å²) in [5.74, 6) is 0.459. The molecule has 0 bridgehead atoms. The second-order valence-electron chi connectivity index (χ2n) is 4.39. The molecule has 4 nitrogen and oxygen atoms in total. The minimum absolute atomic E-state index is 0.0170. The SMILES string of the molecule is CC(C)Oc1nc(Oc2ccc(F)c(Cl)c2)ccc1N. The first-order valence-electron chi connectivity index (χ1n) is 6.02. The Hall–Kier alpha value is -2.01. The summed E-state index contributed by atoms with van der Waals surface area (Å²) in [6.45, 7) is 3.74. The molecule has 1 heterocycles. The highest BCUT2D eigenvalue weighted by molar-refractivity contribution is 6.30. The summed E-state index contributed by atoms with van der Waals surface area (Å²) in [7, 11) is 0. The topological polar surface area (TPSA) is 57.4 Å². The van der Waals surface area contributed by atoms with E-state index >= 15 is 0 Å². The van der Waals surface area contributed by atoms with Gasteiger partial charge >= 0.3 is 0 Å². The van der Waals surface area contributed by atoms with Gasteiger partial charge in [0.1, 0.15) is 11.6 Å². The van der Waals surface area contributed by atoms with Gasteiger partial charge in [-0.05, 0) is 32.0 Å². The van der Waals surface area contributed by atoms with Crippen molar-refractivity contribution in [2.75, 3.05) is 5.73 Å². The Labute approximate surface area is 121 Å². The Morgan fingerprint density at radius 2 is 2.00 bits per heavy atom. The number of halogens is 2. The number of ether oxygens (including phenoxy) is 2. The van der Waals surface area contributed by atoms with Crippen molar-refractivity contribution in [3.63, 3.8) is 0 Å². The fourth-order valence-corrected chi connectivity index (χ4v) is 1.64. The highest BCUT2D eigenvalue weighted by Gasteiger charge is 2.09. The number of benzene rings is 1. The van der Waals surface area contributed by atoms with Gasteiger partial charge in [0.15, 0.2) is 0 Å². The molecule has 20 heavy (non-hydrogen) atoms. The Bertz CT molecular complexity index is 620. The number of nitrogens with zero attached hydrogens (tertiary/aromatic N) is 1. The van der Waals surface area contributed by atoms with Gasteiger partial charge in [0.05, 0.1) is 16.8 Å². The molecule has 2 rings (SSSR count). The number of pyridine rings is 1. The van der Waals surface area contributed by atoms with Crippen LogP contribution in [-0.2, 0) is 0 Å². The maximum absolute atomic E-state index is 13.1. The largest absolute Gasteiger partial charge is 0.473 e. The highest BCUT2D eigenvalue weighted by atomic mass is 35.5. The number of nitrogens with two attached hydrogens (primary N) is 1. The molecule has 0 aliphatic carbocycles. The Morgan fingerprint density at radius 3 is 2.65 bits per heavy atom. The predicted molar refractivity (Wildman–Crippen MR) is 75.9 cm³/mol. The van der Waals surface area contributed by atoms with E-state index < -0.39 is 5.82 Å².